The summed E-state index contributed by atoms with van der Waals surface area (Å²) in [6.45, 7) is 3.48. The summed E-state index contributed by atoms with van der Waals surface area (Å²) in [6.07, 6.45) is 4.63. The van der Waals surface area contributed by atoms with Crippen molar-refractivity contribution >= 4 is 5.96 Å². The van der Waals surface area contributed by atoms with Crippen molar-refractivity contribution in [3.8, 4) is 11.5 Å². The van der Waals surface area contributed by atoms with Crippen LogP contribution in [0.25, 0.3) is 0 Å². The predicted octanol–water partition coefficient (Wildman–Crippen LogP) is 2.31. The molecule has 1 aromatic carbocycles. The molecule has 134 valence electrons. The molecule has 0 aliphatic rings. The van der Waals surface area contributed by atoms with Crippen LogP contribution < -0.4 is 20.1 Å². The van der Waals surface area contributed by atoms with E-state index in [2.05, 4.69) is 33.6 Å². The first-order valence-corrected chi connectivity index (χ1v) is 8.22. The third kappa shape index (κ3) is 5.38. The number of aliphatic imine (C=N–C) groups is 1. The lowest BCUT2D eigenvalue weighted by atomic mass is 10.1. The van der Waals surface area contributed by atoms with Gasteiger partial charge in [0.15, 0.2) is 5.96 Å². The van der Waals surface area contributed by atoms with Gasteiger partial charge in [-0.15, -0.1) is 0 Å². The Hall–Kier alpha value is -2.76. The first-order valence-electron chi connectivity index (χ1n) is 8.22. The van der Waals surface area contributed by atoms with Crippen LogP contribution in [0.1, 0.15) is 16.7 Å². The van der Waals surface area contributed by atoms with Crippen molar-refractivity contribution in [3.63, 3.8) is 0 Å². The van der Waals surface area contributed by atoms with Crippen LogP contribution in [0.5, 0.6) is 11.5 Å². The minimum Gasteiger partial charge on any atom is -0.497 e. The second-order valence-corrected chi connectivity index (χ2v) is 5.58. The number of pyridine rings is 1. The van der Waals surface area contributed by atoms with E-state index in [1.54, 1.807) is 21.3 Å². The highest BCUT2D eigenvalue weighted by atomic mass is 16.5. The number of aromatic nitrogens is 1. The van der Waals surface area contributed by atoms with Crippen molar-refractivity contribution in [1.29, 1.82) is 0 Å². The van der Waals surface area contributed by atoms with Gasteiger partial charge in [-0.3, -0.25) is 9.98 Å². The van der Waals surface area contributed by atoms with E-state index in [1.807, 2.05) is 30.6 Å². The quantitative estimate of drug-likeness (QED) is 0.597. The first kappa shape index (κ1) is 18.6. The Balaban J connectivity index is 1.87. The van der Waals surface area contributed by atoms with Crippen molar-refractivity contribution in [2.45, 2.75) is 19.9 Å². The Bertz CT molecular complexity index is 716. The van der Waals surface area contributed by atoms with E-state index in [9.17, 15) is 0 Å². The van der Waals surface area contributed by atoms with Crippen LogP contribution in [0.2, 0.25) is 0 Å². The number of guanidine groups is 1. The molecule has 0 radical (unpaired) electrons. The standard InChI is InChI=1S/C19H26N4O2/c1-14-12-21-9-7-15(14)8-10-22-19(20-2)23-13-16-5-6-17(24-3)11-18(16)25-4/h5-7,9,11-12H,8,10,13H2,1-4H3,(H2,20,22,23). The number of methoxy groups -OCH3 is 2. The van der Waals surface area contributed by atoms with Gasteiger partial charge in [0.05, 0.1) is 14.2 Å². The molecule has 1 heterocycles. The average molecular weight is 342 g/mol. The Kier molecular flexibility index (Phi) is 7.07. The number of rotatable bonds is 7. The summed E-state index contributed by atoms with van der Waals surface area (Å²) in [5.74, 6) is 2.31. The van der Waals surface area contributed by atoms with E-state index in [0.29, 0.717) is 6.54 Å². The van der Waals surface area contributed by atoms with Gasteiger partial charge in [0.2, 0.25) is 0 Å². The molecule has 2 N–H and O–H groups in total. The minimum absolute atomic E-state index is 0.612. The fourth-order valence-corrected chi connectivity index (χ4v) is 2.50. The molecule has 0 spiro atoms. The number of hydrogen-bond acceptors (Lipinski definition) is 4. The van der Waals surface area contributed by atoms with Crippen LogP contribution in [0.4, 0.5) is 0 Å². The monoisotopic (exact) mass is 342 g/mol. The fraction of sp³-hybridized carbons (Fsp3) is 0.368. The molecule has 0 aliphatic heterocycles. The SMILES string of the molecule is CN=C(NCCc1ccncc1C)NCc1ccc(OC)cc1OC. The number of aryl methyl sites for hydroxylation is 1. The van der Waals surface area contributed by atoms with Crippen LogP contribution >= 0.6 is 0 Å². The lowest BCUT2D eigenvalue weighted by Crippen LogP contribution is -2.38. The second-order valence-electron chi connectivity index (χ2n) is 5.58. The van der Waals surface area contributed by atoms with E-state index in [-0.39, 0.29) is 0 Å². The van der Waals surface area contributed by atoms with Crippen molar-refractivity contribution in [2.75, 3.05) is 27.8 Å². The van der Waals surface area contributed by atoms with Gasteiger partial charge in [-0.1, -0.05) is 0 Å². The molecular formula is C19H26N4O2. The fourth-order valence-electron chi connectivity index (χ4n) is 2.50. The molecule has 0 amide bonds. The molecule has 25 heavy (non-hydrogen) atoms. The molecule has 0 atom stereocenters. The number of hydrogen-bond donors (Lipinski definition) is 2. The van der Waals surface area contributed by atoms with Gasteiger partial charge in [-0.2, -0.15) is 0 Å². The molecule has 6 heteroatoms. The number of ether oxygens (including phenoxy) is 2. The van der Waals surface area contributed by atoms with Gasteiger partial charge in [0.1, 0.15) is 11.5 Å². The first-order chi connectivity index (χ1) is 12.2. The van der Waals surface area contributed by atoms with Crippen molar-refractivity contribution in [1.82, 2.24) is 15.6 Å². The van der Waals surface area contributed by atoms with Gasteiger partial charge in [-0.25, -0.2) is 0 Å². The van der Waals surface area contributed by atoms with Gasteiger partial charge in [0, 0.05) is 44.2 Å². The Labute approximate surface area is 149 Å². The maximum absolute atomic E-state index is 5.42. The topological polar surface area (TPSA) is 67.8 Å². The second kappa shape index (κ2) is 9.52. The van der Waals surface area contributed by atoms with E-state index < -0.39 is 0 Å². The largest absolute Gasteiger partial charge is 0.497 e. The Morgan fingerprint density at radius 1 is 1.12 bits per heavy atom. The molecule has 0 fully saturated rings. The maximum atomic E-state index is 5.42. The number of benzene rings is 1. The molecule has 0 saturated heterocycles. The summed E-state index contributed by atoms with van der Waals surface area (Å²) in [5, 5.41) is 6.63. The zero-order chi connectivity index (χ0) is 18.1. The molecular weight excluding hydrogens is 316 g/mol. The summed E-state index contributed by atoms with van der Waals surface area (Å²) in [5.41, 5.74) is 3.53. The lowest BCUT2D eigenvalue weighted by molar-refractivity contribution is 0.390. The molecule has 0 unspecified atom stereocenters. The number of nitrogens with zero attached hydrogens (tertiary/aromatic N) is 2. The summed E-state index contributed by atoms with van der Waals surface area (Å²) in [6, 6.07) is 7.83. The van der Waals surface area contributed by atoms with Gasteiger partial charge >= 0.3 is 0 Å². The highest BCUT2D eigenvalue weighted by Crippen LogP contribution is 2.24. The molecule has 2 aromatic rings. The summed E-state index contributed by atoms with van der Waals surface area (Å²) in [4.78, 5) is 8.38. The highest BCUT2D eigenvalue weighted by molar-refractivity contribution is 5.79. The van der Waals surface area contributed by atoms with Gasteiger partial charge in [-0.05, 0) is 42.7 Å². The summed E-state index contributed by atoms with van der Waals surface area (Å²) < 4.78 is 10.6. The molecule has 6 nitrogen and oxygen atoms in total. The van der Waals surface area contributed by atoms with Crippen LogP contribution in [0, 0.1) is 6.92 Å². The molecule has 0 saturated carbocycles. The van der Waals surface area contributed by atoms with Crippen molar-refractivity contribution < 1.29 is 9.47 Å². The third-order valence-corrected chi connectivity index (χ3v) is 3.99. The zero-order valence-electron chi connectivity index (χ0n) is 15.3. The molecule has 0 bridgehead atoms. The maximum Gasteiger partial charge on any atom is 0.191 e. The summed E-state index contributed by atoms with van der Waals surface area (Å²) >= 11 is 0. The van der Waals surface area contributed by atoms with Crippen molar-refractivity contribution in [3.05, 3.63) is 53.3 Å². The molecule has 0 aliphatic carbocycles. The smallest absolute Gasteiger partial charge is 0.191 e. The number of nitrogens with one attached hydrogen (secondary N) is 2. The van der Waals surface area contributed by atoms with E-state index in [1.165, 1.54) is 11.1 Å². The summed E-state index contributed by atoms with van der Waals surface area (Å²) in [7, 11) is 5.06. The predicted molar refractivity (Wildman–Crippen MR) is 100 cm³/mol. The van der Waals surface area contributed by atoms with E-state index in [4.69, 9.17) is 9.47 Å². The van der Waals surface area contributed by atoms with Crippen LogP contribution in [0.15, 0.2) is 41.7 Å². The highest BCUT2D eigenvalue weighted by Gasteiger charge is 2.06. The van der Waals surface area contributed by atoms with Crippen LogP contribution in [0.3, 0.4) is 0 Å². The lowest BCUT2D eigenvalue weighted by Gasteiger charge is -2.14. The Morgan fingerprint density at radius 3 is 2.64 bits per heavy atom. The van der Waals surface area contributed by atoms with E-state index in [0.717, 1.165) is 36.0 Å². The van der Waals surface area contributed by atoms with Crippen LogP contribution in [-0.4, -0.2) is 38.8 Å². The molecule has 1 aromatic heterocycles. The third-order valence-electron chi connectivity index (χ3n) is 3.99. The van der Waals surface area contributed by atoms with E-state index >= 15 is 0 Å². The Morgan fingerprint density at radius 2 is 1.96 bits per heavy atom. The van der Waals surface area contributed by atoms with Gasteiger partial charge in [0.25, 0.3) is 0 Å². The normalized spacial score (nSPS) is 11.1. The average Bonchev–Trinajstić information content (AvgIpc) is 2.65. The molecule has 2 rings (SSSR count). The minimum atomic E-state index is 0.612. The zero-order valence-corrected chi connectivity index (χ0v) is 15.3. The van der Waals surface area contributed by atoms with Crippen LogP contribution in [-0.2, 0) is 13.0 Å². The van der Waals surface area contributed by atoms with Gasteiger partial charge < -0.3 is 20.1 Å². The van der Waals surface area contributed by atoms with Crippen molar-refractivity contribution in [2.24, 2.45) is 4.99 Å².